The van der Waals surface area contributed by atoms with Gasteiger partial charge in [0.05, 0.1) is 11.4 Å². The molecule has 1 fully saturated rings. The van der Waals surface area contributed by atoms with Crippen LogP contribution in [0.25, 0.3) is 10.9 Å². The van der Waals surface area contributed by atoms with E-state index in [0.29, 0.717) is 23.3 Å². The number of piperidine rings is 1. The number of nitrogens with zero attached hydrogens (tertiary/aromatic N) is 4. The number of amidine groups is 2. The van der Waals surface area contributed by atoms with Gasteiger partial charge < -0.3 is 9.88 Å². The minimum atomic E-state index is -0.527. The molecule has 8 heteroatoms. The number of aromatic amines is 1. The smallest absolute Gasteiger partial charge is 0.259 e. The lowest BCUT2D eigenvalue weighted by Crippen LogP contribution is -2.43. The molecule has 0 spiro atoms. The minimum absolute atomic E-state index is 0.0923. The summed E-state index contributed by atoms with van der Waals surface area (Å²) in [5.41, 5.74) is 3.75. The van der Waals surface area contributed by atoms with Crippen LogP contribution in [-0.2, 0) is 16.0 Å². The van der Waals surface area contributed by atoms with E-state index >= 15 is 0 Å². The van der Waals surface area contributed by atoms with Crippen molar-refractivity contribution in [3.63, 3.8) is 0 Å². The first kappa shape index (κ1) is 22.1. The number of benzene rings is 2. The highest BCUT2D eigenvalue weighted by atomic mass is 32.2. The Hall–Kier alpha value is -3.39. The normalized spacial score (nSPS) is 20.0. The Labute approximate surface area is 208 Å². The molecule has 3 aliphatic rings. The van der Waals surface area contributed by atoms with Crippen LogP contribution in [0.3, 0.4) is 0 Å². The van der Waals surface area contributed by atoms with Gasteiger partial charge in [-0.05, 0) is 42.5 Å². The van der Waals surface area contributed by atoms with E-state index in [1.807, 2.05) is 53.6 Å². The van der Waals surface area contributed by atoms with Gasteiger partial charge in [-0.25, -0.2) is 9.89 Å². The zero-order chi connectivity index (χ0) is 23.9. The molecule has 1 unspecified atom stereocenters. The Morgan fingerprint density at radius 2 is 1.89 bits per heavy atom. The molecule has 2 amide bonds. The lowest BCUT2D eigenvalue weighted by molar-refractivity contribution is -0.129. The van der Waals surface area contributed by atoms with Gasteiger partial charge in [0, 0.05) is 42.2 Å². The summed E-state index contributed by atoms with van der Waals surface area (Å²) in [6, 6.07) is 15.3. The number of thioether (sulfide) groups is 1. The van der Waals surface area contributed by atoms with Gasteiger partial charge in [0.15, 0.2) is 5.17 Å². The summed E-state index contributed by atoms with van der Waals surface area (Å²) in [5.74, 6) is 1.57. The first-order chi connectivity index (χ1) is 17.1. The number of likely N-dealkylation sites (tertiary alicyclic amines) is 1. The number of carbonyl (C=O) groups is 2. The average molecular weight is 486 g/mol. The zero-order valence-corrected chi connectivity index (χ0v) is 20.4. The molecule has 7 nitrogen and oxygen atoms in total. The fourth-order valence-corrected chi connectivity index (χ4v) is 5.92. The largest absolute Gasteiger partial charge is 0.361 e. The van der Waals surface area contributed by atoms with E-state index in [0.717, 1.165) is 53.6 Å². The molecule has 3 aromatic rings. The third-order valence-corrected chi connectivity index (χ3v) is 8.02. The summed E-state index contributed by atoms with van der Waals surface area (Å²) >= 11 is 1.33. The van der Waals surface area contributed by atoms with Crippen LogP contribution in [0.1, 0.15) is 30.9 Å². The second-order valence-corrected chi connectivity index (χ2v) is 10.4. The standard InChI is InChI=1S/C27H27N5O2S/c1-17-10-12-31(13-11-17)24(33)16-35-27-30-22-9-5-3-7-20(22)25-29-23(26(34)32(25)27)14-18-15-28-21-8-4-2-6-19(18)21/h2-9,15,17,23,28H,10-14,16H2,1H3. The van der Waals surface area contributed by atoms with E-state index in [1.54, 1.807) is 4.90 Å². The van der Waals surface area contributed by atoms with Crippen molar-refractivity contribution in [1.29, 1.82) is 0 Å². The Morgan fingerprint density at radius 1 is 1.11 bits per heavy atom. The van der Waals surface area contributed by atoms with Gasteiger partial charge >= 0.3 is 0 Å². The van der Waals surface area contributed by atoms with Gasteiger partial charge in [-0.15, -0.1) is 0 Å². The van der Waals surface area contributed by atoms with Crippen molar-refractivity contribution in [2.45, 2.75) is 32.2 Å². The van der Waals surface area contributed by atoms with Crippen molar-refractivity contribution < 1.29 is 9.59 Å². The predicted octanol–water partition coefficient (Wildman–Crippen LogP) is 4.36. The Balaban J connectivity index is 1.25. The maximum atomic E-state index is 13.6. The molecule has 6 rings (SSSR count). The molecular weight excluding hydrogens is 458 g/mol. The molecule has 178 valence electrons. The number of carbonyl (C=O) groups excluding carboxylic acids is 2. The SMILES string of the molecule is CC1CCN(C(=O)CSC2=Nc3ccccc3C3=NC(Cc4c[nH]c5ccccc45)C(=O)N23)CC1. The van der Waals surface area contributed by atoms with E-state index in [1.165, 1.54) is 11.8 Å². The van der Waals surface area contributed by atoms with Crippen molar-refractivity contribution >= 4 is 51.2 Å². The van der Waals surface area contributed by atoms with Crippen molar-refractivity contribution in [3.8, 4) is 0 Å². The molecule has 2 aromatic carbocycles. The summed E-state index contributed by atoms with van der Waals surface area (Å²) in [4.78, 5) is 43.0. The zero-order valence-electron chi connectivity index (χ0n) is 19.6. The number of aliphatic imine (C=N–C) groups is 2. The lowest BCUT2D eigenvalue weighted by atomic mass is 9.99. The van der Waals surface area contributed by atoms with Crippen molar-refractivity contribution in [1.82, 2.24) is 14.8 Å². The molecule has 1 aromatic heterocycles. The molecule has 1 N–H and O–H groups in total. The van der Waals surface area contributed by atoms with E-state index in [4.69, 9.17) is 9.98 Å². The molecule has 1 atom stereocenters. The number of nitrogens with one attached hydrogen (secondary N) is 1. The minimum Gasteiger partial charge on any atom is -0.361 e. The predicted molar refractivity (Wildman–Crippen MR) is 140 cm³/mol. The van der Waals surface area contributed by atoms with Gasteiger partial charge in [-0.1, -0.05) is 49.0 Å². The first-order valence-electron chi connectivity index (χ1n) is 12.1. The van der Waals surface area contributed by atoms with Gasteiger partial charge in [0.2, 0.25) is 5.91 Å². The first-order valence-corrected chi connectivity index (χ1v) is 13.1. The number of hydrogen-bond acceptors (Lipinski definition) is 5. The number of para-hydroxylation sites is 2. The summed E-state index contributed by atoms with van der Waals surface area (Å²) in [6.07, 6.45) is 4.56. The fraction of sp³-hybridized carbons (Fsp3) is 0.333. The molecule has 0 radical (unpaired) electrons. The lowest BCUT2D eigenvalue weighted by Gasteiger charge is -2.31. The molecule has 0 saturated carbocycles. The quantitative estimate of drug-likeness (QED) is 0.596. The van der Waals surface area contributed by atoms with E-state index in [9.17, 15) is 9.59 Å². The summed E-state index contributed by atoms with van der Waals surface area (Å²) in [6.45, 7) is 3.84. The highest BCUT2D eigenvalue weighted by Crippen LogP contribution is 2.35. The second-order valence-electron chi connectivity index (χ2n) is 9.47. The highest BCUT2D eigenvalue weighted by molar-refractivity contribution is 8.14. The molecule has 3 aliphatic heterocycles. The molecule has 35 heavy (non-hydrogen) atoms. The molecular formula is C27H27N5O2S. The Bertz CT molecular complexity index is 1370. The van der Waals surface area contributed by atoms with Gasteiger partial charge in [-0.3, -0.25) is 14.6 Å². The van der Waals surface area contributed by atoms with Crippen LogP contribution in [0.4, 0.5) is 5.69 Å². The number of rotatable bonds is 4. The van der Waals surface area contributed by atoms with Crippen LogP contribution in [0.5, 0.6) is 0 Å². The third kappa shape index (κ3) is 4.05. The summed E-state index contributed by atoms with van der Waals surface area (Å²) in [5, 5.41) is 1.64. The maximum absolute atomic E-state index is 13.6. The maximum Gasteiger partial charge on any atom is 0.259 e. The van der Waals surface area contributed by atoms with Crippen LogP contribution in [0.15, 0.2) is 64.7 Å². The summed E-state index contributed by atoms with van der Waals surface area (Å²) in [7, 11) is 0. The molecule has 0 bridgehead atoms. The second kappa shape index (κ2) is 9.00. The van der Waals surface area contributed by atoms with E-state index < -0.39 is 6.04 Å². The topological polar surface area (TPSA) is 81.1 Å². The molecule has 1 saturated heterocycles. The van der Waals surface area contributed by atoms with Crippen molar-refractivity contribution in [2.75, 3.05) is 18.8 Å². The number of H-pyrrole nitrogens is 1. The Morgan fingerprint density at radius 3 is 2.74 bits per heavy atom. The van der Waals surface area contributed by atoms with Gasteiger partial charge in [-0.2, -0.15) is 0 Å². The van der Waals surface area contributed by atoms with Crippen molar-refractivity contribution in [2.24, 2.45) is 15.9 Å². The monoisotopic (exact) mass is 485 g/mol. The third-order valence-electron chi connectivity index (χ3n) is 7.10. The fourth-order valence-electron chi connectivity index (χ4n) is 5.02. The molecule has 4 heterocycles. The van der Waals surface area contributed by atoms with Crippen LogP contribution < -0.4 is 0 Å². The van der Waals surface area contributed by atoms with Gasteiger partial charge in [0.1, 0.15) is 11.9 Å². The number of fused-ring (bicyclic) bond motifs is 4. The molecule has 0 aliphatic carbocycles. The highest BCUT2D eigenvalue weighted by Gasteiger charge is 2.41. The van der Waals surface area contributed by atoms with Crippen LogP contribution >= 0.6 is 11.8 Å². The number of amides is 2. The van der Waals surface area contributed by atoms with E-state index in [-0.39, 0.29) is 17.6 Å². The average Bonchev–Trinajstić information content (AvgIpc) is 3.44. The number of aromatic nitrogens is 1. The number of hydrogen-bond donors (Lipinski definition) is 1. The summed E-state index contributed by atoms with van der Waals surface area (Å²) < 4.78 is 0. The Kier molecular flexibility index (Phi) is 5.68. The van der Waals surface area contributed by atoms with Gasteiger partial charge in [0.25, 0.3) is 5.91 Å². The van der Waals surface area contributed by atoms with Crippen LogP contribution in [0, 0.1) is 5.92 Å². The van der Waals surface area contributed by atoms with E-state index in [2.05, 4.69) is 18.0 Å². The van der Waals surface area contributed by atoms with Crippen LogP contribution in [0.2, 0.25) is 0 Å². The van der Waals surface area contributed by atoms with Crippen LogP contribution in [-0.4, -0.2) is 62.5 Å². The van der Waals surface area contributed by atoms with Crippen molar-refractivity contribution in [3.05, 3.63) is 65.9 Å².